The third-order valence-corrected chi connectivity index (χ3v) is 2.90. The molecule has 18 heavy (non-hydrogen) atoms. The van der Waals surface area contributed by atoms with E-state index in [0.29, 0.717) is 35.7 Å². The molecule has 0 radical (unpaired) electrons. The Kier molecular flexibility index (Phi) is 3.74. The predicted molar refractivity (Wildman–Crippen MR) is 70.4 cm³/mol. The van der Waals surface area contributed by atoms with Gasteiger partial charge in [0.2, 0.25) is 5.88 Å². The standard InChI is InChI=1S/C12H14ClN3O2/c13-8-3-1-4-9(7-8)16-12(18)10(5-2-6-14)11(17)15-16/h1,3-4,7,18H,2,5-6,14H2,(H,15,17). The third kappa shape index (κ3) is 2.42. The van der Waals surface area contributed by atoms with Gasteiger partial charge in [-0.3, -0.25) is 9.89 Å². The summed E-state index contributed by atoms with van der Waals surface area (Å²) in [6.45, 7) is 0.473. The number of aromatic nitrogens is 2. The smallest absolute Gasteiger partial charge is 0.271 e. The highest BCUT2D eigenvalue weighted by Crippen LogP contribution is 2.21. The van der Waals surface area contributed by atoms with E-state index < -0.39 is 0 Å². The molecule has 2 aromatic rings. The van der Waals surface area contributed by atoms with E-state index in [1.54, 1.807) is 24.3 Å². The molecule has 0 unspecified atom stereocenters. The van der Waals surface area contributed by atoms with E-state index in [1.807, 2.05) is 0 Å². The molecule has 0 saturated carbocycles. The van der Waals surface area contributed by atoms with Crippen LogP contribution in [0.15, 0.2) is 29.1 Å². The largest absolute Gasteiger partial charge is 0.493 e. The third-order valence-electron chi connectivity index (χ3n) is 2.67. The lowest BCUT2D eigenvalue weighted by atomic mass is 10.2. The van der Waals surface area contributed by atoms with Crippen LogP contribution < -0.4 is 11.3 Å². The lowest BCUT2D eigenvalue weighted by molar-refractivity contribution is 0.427. The molecule has 4 N–H and O–H groups in total. The molecule has 0 bridgehead atoms. The molecule has 6 heteroatoms. The maximum absolute atomic E-state index is 11.7. The van der Waals surface area contributed by atoms with Crippen molar-refractivity contribution in [1.29, 1.82) is 0 Å². The summed E-state index contributed by atoms with van der Waals surface area (Å²) in [5.41, 5.74) is 6.05. The maximum Gasteiger partial charge on any atom is 0.271 e. The van der Waals surface area contributed by atoms with Crippen molar-refractivity contribution in [2.75, 3.05) is 6.54 Å². The fourth-order valence-corrected chi connectivity index (χ4v) is 1.95. The van der Waals surface area contributed by atoms with Crippen LogP contribution in [0, 0.1) is 0 Å². The van der Waals surface area contributed by atoms with Gasteiger partial charge in [0.1, 0.15) is 0 Å². The molecule has 0 saturated heterocycles. The molecule has 1 aromatic carbocycles. The normalized spacial score (nSPS) is 10.8. The number of H-pyrrole nitrogens is 1. The number of benzene rings is 1. The van der Waals surface area contributed by atoms with E-state index in [0.717, 1.165) is 0 Å². The van der Waals surface area contributed by atoms with Crippen molar-refractivity contribution < 1.29 is 5.11 Å². The monoisotopic (exact) mass is 267 g/mol. The van der Waals surface area contributed by atoms with Gasteiger partial charge in [0, 0.05) is 5.02 Å². The molecule has 96 valence electrons. The van der Waals surface area contributed by atoms with E-state index >= 15 is 0 Å². The first-order chi connectivity index (χ1) is 8.63. The molecule has 0 atom stereocenters. The first-order valence-corrected chi connectivity index (χ1v) is 6.00. The highest BCUT2D eigenvalue weighted by Gasteiger charge is 2.14. The van der Waals surface area contributed by atoms with E-state index in [4.69, 9.17) is 17.3 Å². The lowest BCUT2D eigenvalue weighted by Gasteiger charge is -2.04. The van der Waals surface area contributed by atoms with Crippen molar-refractivity contribution in [3.63, 3.8) is 0 Å². The second-order valence-corrected chi connectivity index (χ2v) is 4.39. The van der Waals surface area contributed by atoms with Gasteiger partial charge in [-0.25, -0.2) is 4.68 Å². The summed E-state index contributed by atoms with van der Waals surface area (Å²) in [5, 5.41) is 13.1. The van der Waals surface area contributed by atoms with Crippen LogP contribution in [0.2, 0.25) is 5.02 Å². The number of hydrogen-bond donors (Lipinski definition) is 3. The Morgan fingerprint density at radius 2 is 2.22 bits per heavy atom. The molecule has 0 aliphatic heterocycles. The fraction of sp³-hybridized carbons (Fsp3) is 0.250. The van der Waals surface area contributed by atoms with Crippen LogP contribution in [0.4, 0.5) is 0 Å². The molecule has 5 nitrogen and oxygen atoms in total. The Hall–Kier alpha value is -1.72. The van der Waals surface area contributed by atoms with Crippen LogP contribution in [0.1, 0.15) is 12.0 Å². The van der Waals surface area contributed by atoms with Crippen molar-refractivity contribution in [1.82, 2.24) is 9.78 Å². The number of nitrogens with two attached hydrogens (primary N) is 1. The second kappa shape index (κ2) is 5.29. The van der Waals surface area contributed by atoms with Crippen molar-refractivity contribution in [3.8, 4) is 11.6 Å². The number of nitrogens with one attached hydrogen (secondary N) is 1. The minimum Gasteiger partial charge on any atom is -0.493 e. The Morgan fingerprint density at radius 1 is 1.44 bits per heavy atom. The lowest BCUT2D eigenvalue weighted by Crippen LogP contribution is -2.09. The highest BCUT2D eigenvalue weighted by atomic mass is 35.5. The van der Waals surface area contributed by atoms with Crippen LogP contribution in [-0.4, -0.2) is 21.4 Å². The number of aromatic hydroxyl groups is 1. The van der Waals surface area contributed by atoms with E-state index in [1.165, 1.54) is 4.68 Å². The topological polar surface area (TPSA) is 84.0 Å². The Labute approximate surface area is 109 Å². The Morgan fingerprint density at radius 3 is 2.89 bits per heavy atom. The maximum atomic E-state index is 11.7. The molecule has 0 aliphatic carbocycles. The molecular formula is C12H14ClN3O2. The number of nitrogens with zero attached hydrogens (tertiary/aromatic N) is 1. The molecular weight excluding hydrogens is 254 g/mol. The highest BCUT2D eigenvalue weighted by molar-refractivity contribution is 6.30. The zero-order chi connectivity index (χ0) is 13.1. The average Bonchev–Trinajstić information content (AvgIpc) is 2.63. The molecule has 1 aromatic heterocycles. The molecule has 0 fully saturated rings. The Bertz CT molecular complexity index is 604. The van der Waals surface area contributed by atoms with Gasteiger partial charge >= 0.3 is 0 Å². The summed E-state index contributed by atoms with van der Waals surface area (Å²) in [7, 11) is 0. The van der Waals surface area contributed by atoms with Crippen LogP contribution in [-0.2, 0) is 6.42 Å². The van der Waals surface area contributed by atoms with Crippen molar-refractivity contribution in [2.24, 2.45) is 5.73 Å². The first-order valence-electron chi connectivity index (χ1n) is 5.62. The summed E-state index contributed by atoms with van der Waals surface area (Å²) in [5.74, 6) is -0.0873. The predicted octanol–water partition coefficient (Wildman–Crippen LogP) is 1.42. The van der Waals surface area contributed by atoms with Gasteiger partial charge in [0.05, 0.1) is 11.3 Å². The van der Waals surface area contributed by atoms with E-state index in [9.17, 15) is 9.90 Å². The van der Waals surface area contributed by atoms with Gasteiger partial charge in [-0.1, -0.05) is 17.7 Å². The Balaban J connectivity index is 2.44. The van der Waals surface area contributed by atoms with Crippen molar-refractivity contribution in [3.05, 3.63) is 45.2 Å². The molecule has 0 aliphatic rings. The molecule has 0 amide bonds. The molecule has 0 spiro atoms. The minimum absolute atomic E-state index is 0.0873. The number of halogens is 1. The first kappa shape index (κ1) is 12.7. The van der Waals surface area contributed by atoms with Crippen LogP contribution in [0.5, 0.6) is 5.88 Å². The SMILES string of the molecule is NCCCc1c(O)n(-c2cccc(Cl)c2)[nH]c1=O. The minimum atomic E-state index is -0.305. The zero-order valence-corrected chi connectivity index (χ0v) is 10.4. The van der Waals surface area contributed by atoms with Crippen LogP contribution >= 0.6 is 11.6 Å². The fourth-order valence-electron chi connectivity index (χ4n) is 1.76. The summed E-state index contributed by atoms with van der Waals surface area (Å²) in [4.78, 5) is 11.7. The van der Waals surface area contributed by atoms with Gasteiger partial charge in [0.15, 0.2) is 0 Å². The van der Waals surface area contributed by atoms with Gasteiger partial charge in [0.25, 0.3) is 5.56 Å². The van der Waals surface area contributed by atoms with Crippen LogP contribution in [0.25, 0.3) is 5.69 Å². The van der Waals surface area contributed by atoms with Crippen molar-refractivity contribution in [2.45, 2.75) is 12.8 Å². The number of aromatic amines is 1. The number of rotatable bonds is 4. The second-order valence-electron chi connectivity index (χ2n) is 3.95. The molecule has 2 rings (SSSR count). The van der Waals surface area contributed by atoms with Crippen molar-refractivity contribution >= 4 is 11.6 Å². The van der Waals surface area contributed by atoms with Gasteiger partial charge in [-0.05, 0) is 37.6 Å². The summed E-state index contributed by atoms with van der Waals surface area (Å²) < 4.78 is 1.32. The number of hydrogen-bond acceptors (Lipinski definition) is 3. The zero-order valence-electron chi connectivity index (χ0n) is 9.69. The van der Waals surface area contributed by atoms with Gasteiger partial charge in [-0.2, -0.15) is 0 Å². The molecule has 1 heterocycles. The van der Waals surface area contributed by atoms with Crippen LogP contribution in [0.3, 0.4) is 0 Å². The van der Waals surface area contributed by atoms with Gasteiger partial charge < -0.3 is 10.8 Å². The summed E-state index contributed by atoms with van der Waals surface area (Å²) >= 11 is 5.87. The van der Waals surface area contributed by atoms with E-state index in [2.05, 4.69) is 5.10 Å². The van der Waals surface area contributed by atoms with E-state index in [-0.39, 0.29) is 11.4 Å². The average molecular weight is 268 g/mol. The summed E-state index contributed by atoms with van der Waals surface area (Å²) in [6, 6.07) is 6.87. The summed E-state index contributed by atoms with van der Waals surface area (Å²) in [6.07, 6.45) is 1.10. The quantitative estimate of drug-likeness (QED) is 0.783. The van der Waals surface area contributed by atoms with Gasteiger partial charge in [-0.15, -0.1) is 0 Å².